The third kappa shape index (κ3) is 5.84. The van der Waals surface area contributed by atoms with Gasteiger partial charge in [0.15, 0.2) is 5.82 Å². The number of carboxylic acid groups (broad SMARTS) is 1. The highest BCUT2D eigenvalue weighted by molar-refractivity contribution is 5.71. The van der Waals surface area contributed by atoms with Crippen LogP contribution in [0.4, 0.5) is 0 Å². The van der Waals surface area contributed by atoms with E-state index in [0.717, 1.165) is 30.5 Å². The summed E-state index contributed by atoms with van der Waals surface area (Å²) >= 11 is 0. The number of carboxylic acids is 1. The molecule has 0 aliphatic rings. The highest BCUT2D eigenvalue weighted by Crippen LogP contribution is 2.30. The number of nitrogens with zero attached hydrogens (tertiary/aromatic N) is 4. The second-order valence-electron chi connectivity index (χ2n) is 7.15. The van der Waals surface area contributed by atoms with E-state index >= 15 is 0 Å². The van der Waals surface area contributed by atoms with Gasteiger partial charge in [-0.15, -0.1) is 10.2 Å². The first kappa shape index (κ1) is 21.0. The van der Waals surface area contributed by atoms with Crippen LogP contribution in [-0.4, -0.2) is 36.7 Å². The molecule has 7 nitrogen and oxygen atoms in total. The maximum Gasteiger partial charge on any atom is 0.307 e. The second-order valence-corrected chi connectivity index (χ2v) is 7.15. The molecule has 27 heavy (non-hydrogen) atoms. The summed E-state index contributed by atoms with van der Waals surface area (Å²) in [4.78, 5) is 16.5. The lowest BCUT2D eigenvalue weighted by Gasteiger charge is -2.21. The molecule has 0 aliphatic carbocycles. The van der Waals surface area contributed by atoms with Gasteiger partial charge in [-0.1, -0.05) is 51.3 Å². The van der Waals surface area contributed by atoms with E-state index in [1.165, 1.54) is 12.8 Å². The van der Waals surface area contributed by atoms with E-state index in [4.69, 9.17) is 0 Å². The SMILES string of the molecule is CCCCC(CC)c1ccc(C[C@H](c2nn[nH]n2)[C@H](CCC)C(=O)O)cn1. The van der Waals surface area contributed by atoms with Crippen LogP contribution in [0.1, 0.15) is 88.2 Å². The van der Waals surface area contributed by atoms with Gasteiger partial charge in [-0.25, -0.2) is 0 Å². The van der Waals surface area contributed by atoms with Crippen molar-refractivity contribution in [2.75, 3.05) is 0 Å². The molecule has 0 aliphatic heterocycles. The fourth-order valence-electron chi connectivity index (χ4n) is 3.61. The van der Waals surface area contributed by atoms with E-state index in [0.29, 0.717) is 24.6 Å². The monoisotopic (exact) mass is 373 g/mol. The highest BCUT2D eigenvalue weighted by atomic mass is 16.4. The smallest absolute Gasteiger partial charge is 0.307 e. The number of H-pyrrole nitrogens is 1. The van der Waals surface area contributed by atoms with Gasteiger partial charge in [0.25, 0.3) is 0 Å². The molecule has 0 radical (unpaired) electrons. The molecular weight excluding hydrogens is 342 g/mol. The average molecular weight is 374 g/mol. The van der Waals surface area contributed by atoms with Crippen molar-refractivity contribution < 1.29 is 9.90 Å². The third-order valence-corrected chi connectivity index (χ3v) is 5.22. The molecule has 3 atom stereocenters. The molecule has 0 amide bonds. The van der Waals surface area contributed by atoms with Crippen LogP contribution in [0.3, 0.4) is 0 Å². The molecule has 0 aromatic carbocycles. The summed E-state index contributed by atoms with van der Waals surface area (Å²) < 4.78 is 0. The number of aromatic amines is 1. The Morgan fingerprint density at radius 1 is 1.19 bits per heavy atom. The Morgan fingerprint density at radius 2 is 2.00 bits per heavy atom. The number of tetrazole rings is 1. The fraction of sp³-hybridized carbons (Fsp3) is 0.650. The molecule has 2 rings (SSSR count). The minimum Gasteiger partial charge on any atom is -0.481 e. The zero-order valence-corrected chi connectivity index (χ0v) is 16.6. The maximum absolute atomic E-state index is 11.8. The molecule has 0 fully saturated rings. The lowest BCUT2D eigenvalue weighted by Crippen LogP contribution is -2.25. The molecule has 2 heterocycles. The van der Waals surface area contributed by atoms with Crippen LogP contribution in [0, 0.1) is 5.92 Å². The van der Waals surface area contributed by atoms with Gasteiger partial charge in [-0.05, 0) is 37.3 Å². The van der Waals surface area contributed by atoms with Gasteiger partial charge in [-0.2, -0.15) is 5.21 Å². The van der Waals surface area contributed by atoms with Crippen molar-refractivity contribution in [1.29, 1.82) is 0 Å². The van der Waals surface area contributed by atoms with Crippen molar-refractivity contribution in [2.24, 2.45) is 5.92 Å². The van der Waals surface area contributed by atoms with Gasteiger partial charge in [0, 0.05) is 23.7 Å². The number of hydrogen-bond donors (Lipinski definition) is 2. The number of aromatic nitrogens is 5. The van der Waals surface area contributed by atoms with Crippen molar-refractivity contribution >= 4 is 5.97 Å². The zero-order chi connectivity index (χ0) is 19.6. The predicted octanol–water partition coefficient (Wildman–Crippen LogP) is 4.11. The van der Waals surface area contributed by atoms with Crippen molar-refractivity contribution in [3.05, 3.63) is 35.4 Å². The summed E-state index contributed by atoms with van der Waals surface area (Å²) in [5, 5.41) is 23.9. The first-order valence-electron chi connectivity index (χ1n) is 10.0. The zero-order valence-electron chi connectivity index (χ0n) is 16.6. The summed E-state index contributed by atoms with van der Waals surface area (Å²) in [5.41, 5.74) is 2.12. The first-order chi connectivity index (χ1) is 13.1. The van der Waals surface area contributed by atoms with Crippen molar-refractivity contribution in [3.8, 4) is 0 Å². The molecule has 0 saturated carbocycles. The number of carbonyl (C=O) groups is 1. The molecule has 2 aromatic rings. The largest absolute Gasteiger partial charge is 0.481 e. The number of unbranched alkanes of at least 4 members (excludes halogenated alkanes) is 1. The first-order valence-corrected chi connectivity index (χ1v) is 10.0. The van der Waals surface area contributed by atoms with E-state index in [2.05, 4.69) is 51.6 Å². The van der Waals surface area contributed by atoms with Crippen LogP contribution in [0.25, 0.3) is 0 Å². The van der Waals surface area contributed by atoms with E-state index in [-0.39, 0.29) is 5.92 Å². The summed E-state index contributed by atoms with van der Waals surface area (Å²) in [7, 11) is 0. The van der Waals surface area contributed by atoms with Crippen LogP contribution in [0.15, 0.2) is 18.3 Å². The minimum atomic E-state index is -0.818. The van der Waals surface area contributed by atoms with Gasteiger partial charge in [0.05, 0.1) is 5.92 Å². The Hall–Kier alpha value is -2.31. The number of pyridine rings is 1. The second kappa shape index (κ2) is 10.7. The molecular formula is C20H31N5O2. The van der Waals surface area contributed by atoms with Gasteiger partial charge < -0.3 is 5.11 Å². The topological polar surface area (TPSA) is 105 Å². The molecule has 7 heteroatoms. The third-order valence-electron chi connectivity index (χ3n) is 5.22. The molecule has 1 unspecified atom stereocenters. The van der Waals surface area contributed by atoms with Crippen LogP contribution in [0.2, 0.25) is 0 Å². The van der Waals surface area contributed by atoms with E-state index in [9.17, 15) is 9.90 Å². The lowest BCUT2D eigenvalue weighted by molar-refractivity contribution is -0.142. The Labute approximate surface area is 161 Å². The van der Waals surface area contributed by atoms with Crippen molar-refractivity contribution in [2.45, 2.75) is 77.6 Å². The number of nitrogens with one attached hydrogen (secondary N) is 1. The molecule has 2 N–H and O–H groups in total. The Morgan fingerprint density at radius 3 is 2.52 bits per heavy atom. The molecule has 2 aromatic heterocycles. The number of rotatable bonds is 12. The van der Waals surface area contributed by atoms with Crippen LogP contribution in [0.5, 0.6) is 0 Å². The van der Waals surface area contributed by atoms with Crippen molar-refractivity contribution in [3.63, 3.8) is 0 Å². The summed E-state index contributed by atoms with van der Waals surface area (Å²) in [6, 6.07) is 4.15. The highest BCUT2D eigenvalue weighted by Gasteiger charge is 2.32. The van der Waals surface area contributed by atoms with Gasteiger partial charge in [0.1, 0.15) is 0 Å². The standard InChI is InChI=1S/C20H31N5O2/c1-4-7-9-15(6-3)18-11-10-14(13-21-18)12-17(19-22-24-25-23-19)16(8-5-2)20(26)27/h10-11,13,15-17H,4-9,12H2,1-3H3,(H,26,27)(H,22,23,24,25)/t15?,16-,17-/m0/s1. The van der Waals surface area contributed by atoms with E-state index in [1.807, 2.05) is 13.1 Å². The minimum absolute atomic E-state index is 0.323. The quantitative estimate of drug-likeness (QED) is 0.580. The summed E-state index contributed by atoms with van der Waals surface area (Å²) in [6.45, 7) is 6.39. The summed E-state index contributed by atoms with van der Waals surface area (Å²) in [6.07, 6.45) is 8.41. The van der Waals surface area contributed by atoms with Gasteiger partial charge >= 0.3 is 5.97 Å². The Balaban J connectivity index is 2.18. The van der Waals surface area contributed by atoms with Gasteiger partial charge in [0.2, 0.25) is 0 Å². The van der Waals surface area contributed by atoms with E-state index in [1.54, 1.807) is 0 Å². The Bertz CT molecular complexity index is 672. The van der Waals surface area contributed by atoms with Crippen LogP contribution < -0.4 is 0 Å². The molecule has 148 valence electrons. The normalized spacial score (nSPS) is 14.6. The maximum atomic E-state index is 11.8. The number of aliphatic carboxylic acids is 1. The van der Waals surface area contributed by atoms with Gasteiger partial charge in [-0.3, -0.25) is 9.78 Å². The van der Waals surface area contributed by atoms with Crippen molar-refractivity contribution in [1.82, 2.24) is 25.6 Å². The molecule has 0 spiro atoms. The van der Waals surface area contributed by atoms with E-state index < -0.39 is 11.9 Å². The fourth-order valence-corrected chi connectivity index (χ4v) is 3.61. The van der Waals surface area contributed by atoms with Crippen LogP contribution in [-0.2, 0) is 11.2 Å². The average Bonchev–Trinajstić information content (AvgIpc) is 3.20. The lowest BCUT2D eigenvalue weighted by atomic mass is 9.83. The Kier molecular flexibility index (Phi) is 8.36. The summed E-state index contributed by atoms with van der Waals surface area (Å²) in [5.74, 6) is -0.744. The number of hydrogen-bond acceptors (Lipinski definition) is 5. The molecule has 0 saturated heterocycles. The molecule has 0 bridgehead atoms. The van der Waals surface area contributed by atoms with Crippen LogP contribution >= 0.6 is 0 Å². The predicted molar refractivity (Wildman–Crippen MR) is 103 cm³/mol.